The van der Waals surface area contributed by atoms with Crippen LogP contribution in [0.25, 0.3) is 22.2 Å². The van der Waals surface area contributed by atoms with Crippen molar-refractivity contribution >= 4 is 28.4 Å². The van der Waals surface area contributed by atoms with Gasteiger partial charge in [0.25, 0.3) is 0 Å². The monoisotopic (exact) mass is 463 g/mol. The molecular weight excluding hydrogens is 438 g/mol. The van der Waals surface area contributed by atoms with Crippen molar-refractivity contribution in [3.8, 4) is 17.1 Å². The molecule has 3 heterocycles. The Morgan fingerprint density at radius 3 is 2.76 bits per heavy atom. The predicted octanol–water partition coefficient (Wildman–Crippen LogP) is 5.82. The first kappa shape index (κ1) is 21.6. The highest BCUT2D eigenvalue weighted by molar-refractivity contribution is 6.30. The summed E-state index contributed by atoms with van der Waals surface area (Å²) in [6.45, 7) is 1.53. The van der Waals surface area contributed by atoms with Crippen LogP contribution in [0.15, 0.2) is 59.3 Å². The number of nitrogens with one attached hydrogen (secondary N) is 1. The third-order valence-corrected chi connectivity index (χ3v) is 6.70. The maximum absolute atomic E-state index is 12.8. The molecule has 0 saturated carbocycles. The van der Waals surface area contributed by atoms with Crippen molar-refractivity contribution in [3.63, 3.8) is 0 Å². The fourth-order valence-corrected chi connectivity index (χ4v) is 4.70. The second kappa shape index (κ2) is 9.32. The molecule has 2 aromatic carbocycles. The molecule has 4 aromatic rings. The highest BCUT2D eigenvalue weighted by Gasteiger charge is 2.25. The number of amides is 1. The average Bonchev–Trinajstić information content (AvgIpc) is 3.50. The number of hydrogen-bond donors (Lipinski definition) is 1. The maximum atomic E-state index is 12.8. The second-order valence-electron chi connectivity index (χ2n) is 8.44. The number of aromatic amines is 1. The summed E-state index contributed by atoms with van der Waals surface area (Å²) in [5.41, 5.74) is 3.35. The molecule has 0 atom stereocenters. The van der Waals surface area contributed by atoms with E-state index in [4.69, 9.17) is 20.8 Å². The number of likely N-dealkylation sites (tertiary alicyclic amines) is 1. The molecule has 1 saturated heterocycles. The minimum Gasteiger partial charge on any atom is -0.497 e. The Morgan fingerprint density at radius 2 is 2.00 bits per heavy atom. The van der Waals surface area contributed by atoms with Gasteiger partial charge in [-0.25, -0.2) is 4.98 Å². The summed E-state index contributed by atoms with van der Waals surface area (Å²) in [6.07, 6.45) is 6.60. The Kier molecular flexibility index (Phi) is 6.09. The first-order valence-corrected chi connectivity index (χ1v) is 11.6. The molecule has 0 spiro atoms. The molecule has 0 aliphatic carbocycles. The van der Waals surface area contributed by atoms with Gasteiger partial charge < -0.3 is 19.0 Å². The van der Waals surface area contributed by atoms with Crippen LogP contribution in [0.3, 0.4) is 0 Å². The van der Waals surface area contributed by atoms with Gasteiger partial charge in [-0.3, -0.25) is 4.79 Å². The number of halogens is 1. The molecule has 6 nitrogen and oxygen atoms in total. The van der Waals surface area contributed by atoms with Gasteiger partial charge in [0, 0.05) is 53.6 Å². The summed E-state index contributed by atoms with van der Waals surface area (Å²) in [7, 11) is 1.69. The van der Waals surface area contributed by atoms with E-state index in [2.05, 4.69) is 28.3 Å². The molecule has 33 heavy (non-hydrogen) atoms. The van der Waals surface area contributed by atoms with Gasteiger partial charge in [0.2, 0.25) is 5.91 Å². The molecule has 1 fully saturated rings. The minimum atomic E-state index is 0.153. The van der Waals surface area contributed by atoms with Crippen molar-refractivity contribution < 1.29 is 13.9 Å². The van der Waals surface area contributed by atoms with Gasteiger partial charge in [-0.1, -0.05) is 11.6 Å². The van der Waals surface area contributed by atoms with E-state index >= 15 is 0 Å². The minimum absolute atomic E-state index is 0.153. The van der Waals surface area contributed by atoms with Crippen molar-refractivity contribution in [2.45, 2.75) is 31.6 Å². The van der Waals surface area contributed by atoms with Crippen molar-refractivity contribution in [3.05, 3.63) is 71.3 Å². The van der Waals surface area contributed by atoms with Crippen molar-refractivity contribution in [2.75, 3.05) is 20.2 Å². The number of fused-ring (bicyclic) bond motifs is 1. The molecule has 170 valence electrons. The van der Waals surface area contributed by atoms with Gasteiger partial charge in [0.15, 0.2) is 11.7 Å². The van der Waals surface area contributed by atoms with Gasteiger partial charge >= 0.3 is 0 Å². The van der Waals surface area contributed by atoms with Gasteiger partial charge in [0.05, 0.1) is 13.3 Å². The first-order chi connectivity index (χ1) is 16.1. The molecule has 1 aliphatic rings. The van der Waals surface area contributed by atoms with Crippen LogP contribution in [0.2, 0.25) is 5.02 Å². The van der Waals surface area contributed by atoms with E-state index < -0.39 is 0 Å². The summed E-state index contributed by atoms with van der Waals surface area (Å²) in [6, 6.07) is 13.5. The lowest BCUT2D eigenvalue weighted by Crippen LogP contribution is -2.38. The second-order valence-corrected chi connectivity index (χ2v) is 8.87. The smallest absolute Gasteiger partial charge is 0.223 e. The van der Waals surface area contributed by atoms with E-state index in [1.165, 1.54) is 10.9 Å². The van der Waals surface area contributed by atoms with Crippen LogP contribution in [0.5, 0.6) is 5.75 Å². The summed E-state index contributed by atoms with van der Waals surface area (Å²) >= 11 is 5.94. The van der Waals surface area contributed by atoms with E-state index in [0.717, 1.165) is 42.8 Å². The SMILES string of the molecule is COc1ccc2[nH]cc(C3CCN(C(=O)CCc4ncc(-c5ccc(Cl)cc5)o4)CC3)c2c1. The molecule has 0 bridgehead atoms. The number of hydrogen-bond acceptors (Lipinski definition) is 4. The van der Waals surface area contributed by atoms with Crippen LogP contribution >= 0.6 is 11.6 Å². The fraction of sp³-hybridized carbons (Fsp3) is 0.308. The predicted molar refractivity (Wildman–Crippen MR) is 129 cm³/mol. The number of piperidine rings is 1. The highest BCUT2D eigenvalue weighted by atomic mass is 35.5. The van der Waals surface area contributed by atoms with E-state index in [1.54, 1.807) is 13.3 Å². The molecule has 5 rings (SSSR count). The third-order valence-electron chi connectivity index (χ3n) is 6.44. The van der Waals surface area contributed by atoms with E-state index in [9.17, 15) is 4.79 Å². The highest BCUT2D eigenvalue weighted by Crippen LogP contribution is 2.35. The zero-order chi connectivity index (χ0) is 22.8. The maximum Gasteiger partial charge on any atom is 0.223 e. The Morgan fingerprint density at radius 1 is 1.21 bits per heavy atom. The van der Waals surface area contributed by atoms with Gasteiger partial charge in [0.1, 0.15) is 5.75 Å². The lowest BCUT2D eigenvalue weighted by atomic mass is 9.89. The number of ether oxygens (including phenoxy) is 1. The molecule has 2 aromatic heterocycles. The Bertz CT molecular complexity index is 1250. The summed E-state index contributed by atoms with van der Waals surface area (Å²) in [5, 5.41) is 1.89. The third kappa shape index (κ3) is 4.62. The number of nitrogens with zero attached hydrogens (tertiary/aromatic N) is 2. The molecule has 0 radical (unpaired) electrons. The first-order valence-electron chi connectivity index (χ1n) is 11.2. The Balaban J connectivity index is 1.16. The summed E-state index contributed by atoms with van der Waals surface area (Å²) < 4.78 is 11.2. The van der Waals surface area contributed by atoms with Gasteiger partial charge in [-0.15, -0.1) is 0 Å². The largest absolute Gasteiger partial charge is 0.497 e. The molecule has 0 unspecified atom stereocenters. The number of H-pyrrole nitrogens is 1. The number of benzene rings is 2. The quantitative estimate of drug-likeness (QED) is 0.391. The van der Waals surface area contributed by atoms with Crippen LogP contribution in [0.1, 0.15) is 36.6 Å². The van der Waals surface area contributed by atoms with E-state index in [0.29, 0.717) is 35.4 Å². The number of aryl methyl sites for hydroxylation is 1. The molecular formula is C26H26ClN3O3. The standard InChI is InChI=1S/C26H26ClN3O3/c1-32-20-6-7-23-21(14-20)22(15-28-23)17-10-12-30(13-11-17)26(31)9-8-25-29-16-24(33-25)18-2-4-19(27)5-3-18/h2-7,14-17,28H,8-13H2,1H3. The number of rotatable bonds is 6. The number of carbonyl (C=O) groups excluding carboxylic acids is 1. The molecule has 1 N–H and O–H groups in total. The number of methoxy groups -OCH3 is 1. The lowest BCUT2D eigenvalue weighted by molar-refractivity contribution is -0.132. The van der Waals surface area contributed by atoms with Crippen molar-refractivity contribution in [1.29, 1.82) is 0 Å². The molecule has 1 amide bonds. The fourth-order valence-electron chi connectivity index (χ4n) is 4.57. The molecule has 7 heteroatoms. The zero-order valence-electron chi connectivity index (χ0n) is 18.5. The summed E-state index contributed by atoms with van der Waals surface area (Å²) in [4.78, 5) is 22.5. The zero-order valence-corrected chi connectivity index (χ0v) is 19.3. The Hall–Kier alpha value is -3.25. The van der Waals surface area contributed by atoms with Crippen LogP contribution in [-0.4, -0.2) is 41.0 Å². The van der Waals surface area contributed by atoms with Crippen LogP contribution in [0.4, 0.5) is 0 Å². The number of aromatic nitrogens is 2. The topological polar surface area (TPSA) is 71.4 Å². The van der Waals surface area contributed by atoms with Gasteiger partial charge in [-0.05, 0) is 66.8 Å². The normalized spacial score (nSPS) is 14.7. The van der Waals surface area contributed by atoms with E-state index in [-0.39, 0.29) is 5.91 Å². The van der Waals surface area contributed by atoms with Crippen molar-refractivity contribution in [2.24, 2.45) is 0 Å². The lowest BCUT2D eigenvalue weighted by Gasteiger charge is -2.32. The van der Waals surface area contributed by atoms with Crippen LogP contribution in [-0.2, 0) is 11.2 Å². The number of oxazole rings is 1. The summed E-state index contributed by atoms with van der Waals surface area (Å²) in [5.74, 6) is 2.71. The van der Waals surface area contributed by atoms with Crippen LogP contribution < -0.4 is 4.74 Å². The average molecular weight is 464 g/mol. The Labute approximate surface area is 197 Å². The van der Waals surface area contributed by atoms with Crippen LogP contribution in [0, 0.1) is 0 Å². The van der Waals surface area contributed by atoms with E-state index in [1.807, 2.05) is 35.2 Å². The molecule has 1 aliphatic heterocycles. The number of carbonyl (C=O) groups is 1. The van der Waals surface area contributed by atoms with Crippen molar-refractivity contribution in [1.82, 2.24) is 14.9 Å². The van der Waals surface area contributed by atoms with Gasteiger partial charge in [-0.2, -0.15) is 0 Å².